The van der Waals surface area contributed by atoms with Gasteiger partial charge in [-0.25, -0.2) is 9.38 Å². The first-order valence-electron chi connectivity index (χ1n) is 11.4. The molecule has 4 aromatic rings. The summed E-state index contributed by atoms with van der Waals surface area (Å²) in [6.45, 7) is 0. The number of halogens is 2. The minimum atomic E-state index is -0.433. The van der Waals surface area contributed by atoms with Crippen molar-refractivity contribution in [1.82, 2.24) is 4.57 Å². The van der Waals surface area contributed by atoms with Crippen molar-refractivity contribution >= 4 is 45.7 Å². The topological polar surface area (TPSA) is 63.8 Å². The van der Waals surface area contributed by atoms with Gasteiger partial charge in [0.2, 0.25) is 0 Å². The van der Waals surface area contributed by atoms with Crippen molar-refractivity contribution in [1.29, 1.82) is 0 Å². The smallest absolute Gasteiger partial charge is 0.271 e. The normalized spacial score (nSPS) is 16.8. The van der Waals surface area contributed by atoms with Gasteiger partial charge in [-0.05, 0) is 88.0 Å². The standard InChI is InChI=1S/C28H20FIN2O3S/c1-35-22-12-15(11-21(30)26(22)33)13-23-27(34)32-25(17-6-4-7-18(29)14-17)20-10-9-16-5-2-3-8-19(16)24(20)31-28(32)36-23/h2-8,11-14,25,33H,9-10H2,1H3. The van der Waals surface area contributed by atoms with Crippen molar-refractivity contribution in [2.24, 2.45) is 4.99 Å². The molecule has 1 aromatic heterocycles. The van der Waals surface area contributed by atoms with Crippen LogP contribution in [0.5, 0.6) is 11.5 Å². The van der Waals surface area contributed by atoms with E-state index < -0.39 is 6.04 Å². The van der Waals surface area contributed by atoms with Gasteiger partial charge < -0.3 is 9.84 Å². The van der Waals surface area contributed by atoms with Crippen LogP contribution < -0.4 is 19.6 Å². The quantitative estimate of drug-likeness (QED) is 0.340. The number of aromatic hydroxyl groups is 1. The summed E-state index contributed by atoms with van der Waals surface area (Å²) in [4.78, 5) is 19.4. The Morgan fingerprint density at radius 2 is 2.00 bits per heavy atom. The molecule has 0 radical (unpaired) electrons. The van der Waals surface area contributed by atoms with Crippen LogP contribution in [0.1, 0.15) is 34.7 Å². The van der Waals surface area contributed by atoms with E-state index in [2.05, 4.69) is 12.1 Å². The van der Waals surface area contributed by atoms with Crippen LogP contribution >= 0.6 is 33.9 Å². The lowest BCUT2D eigenvalue weighted by atomic mass is 9.83. The van der Waals surface area contributed by atoms with Crippen LogP contribution in [-0.2, 0) is 6.42 Å². The molecule has 5 nitrogen and oxygen atoms in total. The Bertz CT molecular complexity index is 1760. The van der Waals surface area contributed by atoms with Crippen LogP contribution in [0.3, 0.4) is 0 Å². The van der Waals surface area contributed by atoms with E-state index in [1.165, 1.54) is 36.1 Å². The van der Waals surface area contributed by atoms with Crippen molar-refractivity contribution in [2.75, 3.05) is 7.11 Å². The van der Waals surface area contributed by atoms with Crippen molar-refractivity contribution in [3.05, 3.63) is 118 Å². The third kappa shape index (κ3) is 3.79. The molecule has 8 heteroatoms. The van der Waals surface area contributed by atoms with E-state index in [0.717, 1.165) is 40.8 Å². The SMILES string of the molecule is COc1cc(C=c2sc3n(c2=O)C(c2cccc(F)c2)C2=C(N=3)c3ccccc3CC2)cc(I)c1O. The van der Waals surface area contributed by atoms with E-state index in [0.29, 0.717) is 18.7 Å². The second kappa shape index (κ2) is 9.01. The minimum Gasteiger partial charge on any atom is -0.504 e. The molecule has 0 bridgehead atoms. The molecular weight excluding hydrogens is 590 g/mol. The first-order chi connectivity index (χ1) is 17.4. The fourth-order valence-electron chi connectivity index (χ4n) is 4.98. The van der Waals surface area contributed by atoms with E-state index in [4.69, 9.17) is 9.73 Å². The first-order valence-corrected chi connectivity index (χ1v) is 13.3. The summed E-state index contributed by atoms with van der Waals surface area (Å²) < 4.78 is 22.4. The number of aryl methyl sites for hydroxylation is 1. The highest BCUT2D eigenvalue weighted by Gasteiger charge is 2.32. The van der Waals surface area contributed by atoms with Gasteiger partial charge in [-0.1, -0.05) is 47.7 Å². The molecule has 1 aliphatic carbocycles. The summed E-state index contributed by atoms with van der Waals surface area (Å²) in [7, 11) is 1.49. The molecule has 180 valence electrons. The van der Waals surface area contributed by atoms with Crippen LogP contribution in [-0.4, -0.2) is 16.8 Å². The number of benzene rings is 3. The van der Waals surface area contributed by atoms with Crippen LogP contribution in [0.15, 0.2) is 76.0 Å². The lowest BCUT2D eigenvalue weighted by Crippen LogP contribution is -2.38. The highest BCUT2D eigenvalue weighted by Crippen LogP contribution is 2.41. The largest absolute Gasteiger partial charge is 0.504 e. The summed E-state index contributed by atoms with van der Waals surface area (Å²) in [5, 5.41) is 10.2. The zero-order chi connectivity index (χ0) is 25.0. The number of methoxy groups -OCH3 is 1. The van der Waals surface area contributed by atoms with E-state index in [9.17, 15) is 14.3 Å². The van der Waals surface area contributed by atoms with Gasteiger partial charge in [0, 0.05) is 5.56 Å². The molecule has 0 fully saturated rings. The Labute approximate surface area is 223 Å². The number of fused-ring (bicyclic) bond motifs is 3. The Balaban J connectivity index is 1.61. The number of thiazole rings is 1. The van der Waals surface area contributed by atoms with Gasteiger partial charge in [-0.3, -0.25) is 9.36 Å². The van der Waals surface area contributed by atoms with Crippen LogP contribution in [0.25, 0.3) is 11.8 Å². The molecular formula is C28H20FIN2O3S. The molecule has 0 amide bonds. The number of hydrogen-bond donors (Lipinski definition) is 1. The highest BCUT2D eigenvalue weighted by atomic mass is 127. The molecule has 2 aliphatic rings. The van der Waals surface area contributed by atoms with E-state index in [1.807, 2.05) is 40.8 Å². The van der Waals surface area contributed by atoms with E-state index >= 15 is 0 Å². The van der Waals surface area contributed by atoms with Gasteiger partial charge >= 0.3 is 0 Å². The fraction of sp³-hybridized carbons (Fsp3) is 0.143. The Hall–Kier alpha value is -3.24. The second-order valence-corrected chi connectivity index (χ2v) is 10.9. The molecule has 0 spiro atoms. The zero-order valence-corrected chi connectivity index (χ0v) is 22.1. The first kappa shape index (κ1) is 23.2. The molecule has 2 heterocycles. The molecule has 1 aliphatic heterocycles. The summed E-state index contributed by atoms with van der Waals surface area (Å²) in [6.07, 6.45) is 3.37. The lowest BCUT2D eigenvalue weighted by molar-refractivity contribution is 0.371. The molecule has 1 unspecified atom stereocenters. The minimum absolute atomic E-state index is 0.0640. The number of rotatable bonds is 3. The maximum atomic E-state index is 14.3. The molecule has 36 heavy (non-hydrogen) atoms. The third-order valence-corrected chi connectivity index (χ3v) is 8.41. The molecule has 0 saturated carbocycles. The number of nitrogens with zero attached hydrogens (tertiary/aromatic N) is 2. The van der Waals surface area contributed by atoms with Gasteiger partial charge in [0.1, 0.15) is 5.82 Å². The predicted octanol–water partition coefficient (Wildman–Crippen LogP) is 4.78. The molecule has 0 saturated heterocycles. The van der Waals surface area contributed by atoms with Crippen molar-refractivity contribution in [3.63, 3.8) is 0 Å². The number of ether oxygens (including phenoxy) is 1. The van der Waals surface area contributed by atoms with Gasteiger partial charge in [-0.15, -0.1) is 0 Å². The summed E-state index contributed by atoms with van der Waals surface area (Å²) >= 11 is 3.34. The molecule has 1 N–H and O–H groups in total. The highest BCUT2D eigenvalue weighted by molar-refractivity contribution is 14.1. The molecule has 3 aromatic carbocycles. The Morgan fingerprint density at radius 3 is 2.81 bits per heavy atom. The van der Waals surface area contributed by atoms with Gasteiger partial charge in [0.15, 0.2) is 16.3 Å². The van der Waals surface area contributed by atoms with Gasteiger partial charge in [-0.2, -0.15) is 0 Å². The van der Waals surface area contributed by atoms with Gasteiger partial charge in [0.25, 0.3) is 5.56 Å². The third-order valence-electron chi connectivity index (χ3n) is 6.61. The average Bonchev–Trinajstić information content (AvgIpc) is 3.19. The van der Waals surface area contributed by atoms with Crippen molar-refractivity contribution < 1.29 is 14.2 Å². The average molecular weight is 610 g/mol. The second-order valence-electron chi connectivity index (χ2n) is 8.72. The van der Waals surface area contributed by atoms with Crippen LogP contribution in [0.2, 0.25) is 0 Å². The van der Waals surface area contributed by atoms with Crippen molar-refractivity contribution in [3.8, 4) is 11.5 Å². The lowest BCUT2D eigenvalue weighted by Gasteiger charge is -2.30. The maximum Gasteiger partial charge on any atom is 0.271 e. The number of allylic oxidation sites excluding steroid dienone is 1. The van der Waals surface area contributed by atoms with E-state index in [1.54, 1.807) is 28.8 Å². The Kier molecular flexibility index (Phi) is 5.80. The van der Waals surface area contributed by atoms with Gasteiger partial charge in [0.05, 0.1) is 27.0 Å². The molecule has 1 atom stereocenters. The van der Waals surface area contributed by atoms with Crippen LogP contribution in [0, 0.1) is 9.39 Å². The fourth-order valence-corrected chi connectivity index (χ4v) is 6.61. The summed E-state index contributed by atoms with van der Waals surface area (Å²) in [6, 6.07) is 17.7. The molecule has 6 rings (SSSR count). The number of phenols is 1. The predicted molar refractivity (Wildman–Crippen MR) is 147 cm³/mol. The van der Waals surface area contributed by atoms with E-state index in [-0.39, 0.29) is 17.1 Å². The summed E-state index contributed by atoms with van der Waals surface area (Å²) in [5.41, 5.74) is 5.47. The maximum absolute atomic E-state index is 14.3. The number of hydrogen-bond acceptors (Lipinski definition) is 5. The van der Waals surface area contributed by atoms with Crippen LogP contribution in [0.4, 0.5) is 4.39 Å². The Morgan fingerprint density at radius 1 is 1.17 bits per heavy atom. The number of aromatic nitrogens is 1. The van der Waals surface area contributed by atoms with Crippen molar-refractivity contribution in [2.45, 2.75) is 18.9 Å². The zero-order valence-electron chi connectivity index (χ0n) is 19.2. The summed E-state index contributed by atoms with van der Waals surface area (Å²) in [5.74, 6) is 0.0653. The number of phenolic OH excluding ortho intramolecular Hbond substituents is 1. The monoisotopic (exact) mass is 610 g/mol.